The van der Waals surface area contributed by atoms with Crippen molar-refractivity contribution < 1.29 is 0 Å². The average Bonchev–Trinajstić information content (AvgIpc) is 3.82. The largest absolute Gasteiger partial charge is 0.310 e. The molecule has 0 atom stereocenters. The molecule has 3 heteroatoms. The first-order valence-electron chi connectivity index (χ1n) is 18.7. The minimum absolute atomic E-state index is 1.11. The monoisotopic (exact) mass is 735 g/mol. The summed E-state index contributed by atoms with van der Waals surface area (Å²) in [5, 5.41) is 7.79. The first-order valence-corrected chi connectivity index (χ1v) is 20.3. The van der Waals surface area contributed by atoms with Gasteiger partial charge in [0.15, 0.2) is 0 Å². The van der Waals surface area contributed by atoms with Crippen molar-refractivity contribution in [3.63, 3.8) is 0 Å². The van der Waals surface area contributed by atoms with E-state index in [9.17, 15) is 0 Å². The number of thiophene rings is 2. The number of hydrogen-bond donors (Lipinski definition) is 0. The van der Waals surface area contributed by atoms with E-state index in [0.29, 0.717) is 0 Å². The molecule has 0 amide bonds. The summed E-state index contributed by atoms with van der Waals surface area (Å²) in [6.45, 7) is 0. The zero-order chi connectivity index (χ0) is 36.3. The highest BCUT2D eigenvalue weighted by Gasteiger charge is 2.17. The molecular formula is C52H33NS2. The fraction of sp³-hybridized carbons (Fsp3) is 0. The Bertz CT molecular complexity index is 3220. The number of fused-ring (bicyclic) bond motifs is 7. The molecule has 11 rings (SSSR count). The van der Waals surface area contributed by atoms with Crippen molar-refractivity contribution in [3.8, 4) is 33.4 Å². The third-order valence-corrected chi connectivity index (χ3v) is 13.1. The van der Waals surface area contributed by atoms with E-state index in [1.165, 1.54) is 84.5 Å². The maximum atomic E-state index is 2.40. The predicted octanol–water partition coefficient (Wildman–Crippen LogP) is 16.0. The summed E-state index contributed by atoms with van der Waals surface area (Å²) < 4.78 is 5.27. The fourth-order valence-corrected chi connectivity index (χ4v) is 10.5. The van der Waals surface area contributed by atoms with Gasteiger partial charge in [-0.3, -0.25) is 0 Å². The lowest BCUT2D eigenvalue weighted by molar-refractivity contribution is 1.28. The second-order valence-electron chi connectivity index (χ2n) is 14.1. The van der Waals surface area contributed by atoms with Crippen LogP contribution in [0.2, 0.25) is 0 Å². The Kier molecular flexibility index (Phi) is 7.61. The van der Waals surface area contributed by atoms with Crippen LogP contribution in [0, 0.1) is 0 Å². The molecule has 0 N–H and O–H groups in total. The van der Waals surface area contributed by atoms with Crippen molar-refractivity contribution in [2.75, 3.05) is 4.90 Å². The number of nitrogens with zero attached hydrogens (tertiary/aromatic N) is 1. The van der Waals surface area contributed by atoms with Crippen molar-refractivity contribution >= 4 is 90.9 Å². The van der Waals surface area contributed by atoms with Crippen molar-refractivity contribution in [2.45, 2.75) is 0 Å². The highest BCUT2D eigenvalue weighted by molar-refractivity contribution is 7.26. The molecule has 1 nitrogen and oxygen atoms in total. The number of rotatable bonds is 6. The Hall–Kier alpha value is -6.52. The third kappa shape index (κ3) is 5.60. The summed E-state index contributed by atoms with van der Waals surface area (Å²) in [5.74, 6) is 0. The third-order valence-electron chi connectivity index (χ3n) is 10.8. The van der Waals surface area contributed by atoms with Crippen molar-refractivity contribution in [1.29, 1.82) is 0 Å². The molecule has 0 unspecified atom stereocenters. The van der Waals surface area contributed by atoms with Crippen molar-refractivity contribution in [1.82, 2.24) is 0 Å². The highest BCUT2D eigenvalue weighted by Crippen LogP contribution is 2.44. The fourth-order valence-electron chi connectivity index (χ4n) is 8.18. The Morgan fingerprint density at radius 1 is 0.291 bits per heavy atom. The van der Waals surface area contributed by atoms with Gasteiger partial charge in [-0.2, -0.15) is 0 Å². The van der Waals surface area contributed by atoms with Gasteiger partial charge in [0.1, 0.15) is 0 Å². The van der Waals surface area contributed by atoms with E-state index in [1.807, 2.05) is 22.7 Å². The summed E-state index contributed by atoms with van der Waals surface area (Å²) in [5.41, 5.74) is 10.6. The lowest BCUT2D eigenvalue weighted by Gasteiger charge is -2.27. The molecule has 0 radical (unpaired) electrons. The van der Waals surface area contributed by atoms with E-state index in [1.54, 1.807) is 0 Å². The van der Waals surface area contributed by atoms with Crippen molar-refractivity contribution in [2.24, 2.45) is 0 Å². The zero-order valence-electron chi connectivity index (χ0n) is 29.8. The van der Waals surface area contributed by atoms with E-state index in [0.717, 1.165) is 17.1 Å². The van der Waals surface area contributed by atoms with Crippen LogP contribution in [0.25, 0.3) is 84.5 Å². The highest BCUT2D eigenvalue weighted by atomic mass is 32.1. The Balaban J connectivity index is 1.05. The molecule has 0 aliphatic heterocycles. The summed E-state index contributed by atoms with van der Waals surface area (Å²) in [6.07, 6.45) is 0. The minimum Gasteiger partial charge on any atom is -0.310 e. The molecular weight excluding hydrogens is 703 g/mol. The molecule has 0 saturated carbocycles. The molecule has 0 saturated heterocycles. The van der Waals surface area contributed by atoms with Crippen LogP contribution in [0.1, 0.15) is 0 Å². The normalized spacial score (nSPS) is 11.6. The van der Waals surface area contributed by atoms with Gasteiger partial charge in [-0.1, -0.05) is 133 Å². The van der Waals surface area contributed by atoms with Gasteiger partial charge < -0.3 is 4.90 Å². The molecule has 55 heavy (non-hydrogen) atoms. The van der Waals surface area contributed by atoms with Crippen molar-refractivity contribution in [3.05, 3.63) is 200 Å². The number of benzene rings is 9. The zero-order valence-corrected chi connectivity index (χ0v) is 31.4. The molecule has 9 aromatic carbocycles. The molecule has 2 heterocycles. The standard InChI is InChI=1S/C52H33NS2/c1-2-11-36-30-38(23-22-34(36)10-1)35-24-27-41(28-25-35)53(42-14-7-12-37(31-42)39-26-29-46-45-16-3-5-19-48(45)55-51(46)33-39)43-15-8-13-40(32-43)44-18-9-21-50-52(44)47-17-4-6-20-49(47)54-50/h1-33H. The lowest BCUT2D eigenvalue weighted by Crippen LogP contribution is -2.10. The Morgan fingerprint density at radius 2 is 0.855 bits per heavy atom. The second-order valence-corrected chi connectivity index (χ2v) is 16.3. The quantitative estimate of drug-likeness (QED) is 0.164. The average molecular weight is 736 g/mol. The van der Waals surface area contributed by atoms with Crippen LogP contribution in [0.4, 0.5) is 17.1 Å². The van der Waals surface area contributed by atoms with Crippen LogP contribution in [0.5, 0.6) is 0 Å². The van der Waals surface area contributed by atoms with E-state index in [-0.39, 0.29) is 0 Å². The predicted molar refractivity (Wildman–Crippen MR) is 241 cm³/mol. The van der Waals surface area contributed by atoms with Crippen LogP contribution in [0.15, 0.2) is 200 Å². The number of anilines is 3. The summed E-state index contributed by atoms with van der Waals surface area (Å²) in [4.78, 5) is 2.40. The maximum absolute atomic E-state index is 2.40. The van der Waals surface area contributed by atoms with Gasteiger partial charge in [0.05, 0.1) is 0 Å². The van der Waals surface area contributed by atoms with Crippen LogP contribution in [0.3, 0.4) is 0 Å². The summed E-state index contributed by atoms with van der Waals surface area (Å²) in [7, 11) is 0. The van der Waals surface area contributed by atoms with Crippen LogP contribution < -0.4 is 4.90 Å². The van der Waals surface area contributed by atoms with Crippen LogP contribution >= 0.6 is 22.7 Å². The molecule has 11 aromatic rings. The van der Waals surface area contributed by atoms with E-state index >= 15 is 0 Å². The van der Waals surface area contributed by atoms with Gasteiger partial charge >= 0.3 is 0 Å². The smallest absolute Gasteiger partial charge is 0.0467 e. The lowest BCUT2D eigenvalue weighted by atomic mass is 9.98. The van der Waals surface area contributed by atoms with Gasteiger partial charge in [-0.15, -0.1) is 22.7 Å². The SMILES string of the molecule is c1cc(-c2ccc3c(c2)sc2ccccc23)cc(N(c2ccc(-c3ccc4ccccc4c3)cc2)c2cccc(-c3cccc4sc5ccccc5c34)c2)c1. The Labute approximate surface area is 327 Å². The van der Waals surface area contributed by atoms with Gasteiger partial charge in [-0.25, -0.2) is 0 Å². The van der Waals surface area contributed by atoms with E-state index in [2.05, 4.69) is 205 Å². The first kappa shape index (κ1) is 32.0. The maximum Gasteiger partial charge on any atom is 0.0467 e. The van der Waals surface area contributed by atoms with Crippen LogP contribution in [-0.2, 0) is 0 Å². The van der Waals surface area contributed by atoms with E-state index < -0.39 is 0 Å². The topological polar surface area (TPSA) is 3.24 Å². The molecule has 0 aliphatic carbocycles. The molecule has 0 aliphatic rings. The Morgan fingerprint density at radius 3 is 1.69 bits per heavy atom. The molecule has 0 spiro atoms. The summed E-state index contributed by atoms with van der Waals surface area (Å²) in [6, 6.07) is 73.5. The molecule has 258 valence electrons. The van der Waals surface area contributed by atoms with Gasteiger partial charge in [0.2, 0.25) is 0 Å². The minimum atomic E-state index is 1.11. The molecule has 0 bridgehead atoms. The second kappa shape index (κ2) is 13.1. The van der Waals surface area contributed by atoms with E-state index in [4.69, 9.17) is 0 Å². The van der Waals surface area contributed by atoms with Gasteiger partial charge in [-0.05, 0) is 111 Å². The first-order chi connectivity index (χ1) is 27.2. The van der Waals surface area contributed by atoms with Gasteiger partial charge in [0.25, 0.3) is 0 Å². The van der Waals surface area contributed by atoms with Crippen LogP contribution in [-0.4, -0.2) is 0 Å². The molecule has 0 fully saturated rings. The van der Waals surface area contributed by atoms with Gasteiger partial charge in [0, 0.05) is 57.4 Å². The number of hydrogen-bond acceptors (Lipinski definition) is 3. The molecule has 2 aromatic heterocycles. The summed E-state index contributed by atoms with van der Waals surface area (Å²) >= 11 is 3.73.